The summed E-state index contributed by atoms with van der Waals surface area (Å²) in [6.07, 6.45) is 6.96. The number of carbonyl (C=O) groups is 1. The van der Waals surface area contributed by atoms with Crippen LogP contribution in [0.1, 0.15) is 44.7 Å². The highest BCUT2D eigenvalue weighted by atomic mass is 16.6. The zero-order valence-electron chi connectivity index (χ0n) is 9.61. The molecule has 1 fully saturated rings. The summed E-state index contributed by atoms with van der Waals surface area (Å²) in [5.74, 6) is -0.215. The van der Waals surface area contributed by atoms with Crippen molar-refractivity contribution in [3.8, 4) is 0 Å². The van der Waals surface area contributed by atoms with Crippen LogP contribution in [0.2, 0.25) is 0 Å². The van der Waals surface area contributed by atoms with Gasteiger partial charge in [0.05, 0.1) is 5.69 Å². The second-order valence-corrected chi connectivity index (χ2v) is 4.36. The van der Waals surface area contributed by atoms with Gasteiger partial charge in [-0.1, -0.05) is 12.5 Å². The molecule has 0 saturated heterocycles. The molecule has 16 heavy (non-hydrogen) atoms. The Hall–Kier alpha value is -1.38. The number of pyridine rings is 1. The van der Waals surface area contributed by atoms with Gasteiger partial charge in [0, 0.05) is 13.1 Å². The van der Waals surface area contributed by atoms with E-state index >= 15 is 0 Å². The first kappa shape index (κ1) is 11.1. The SMILES string of the molecule is CC(=O)OC1(c2ccccn2)CCCCC1. The van der Waals surface area contributed by atoms with Gasteiger partial charge in [-0.3, -0.25) is 9.78 Å². The predicted molar refractivity (Wildman–Crippen MR) is 60.8 cm³/mol. The van der Waals surface area contributed by atoms with Gasteiger partial charge in [0.1, 0.15) is 0 Å². The van der Waals surface area contributed by atoms with Gasteiger partial charge in [0.15, 0.2) is 5.60 Å². The van der Waals surface area contributed by atoms with Crippen molar-refractivity contribution < 1.29 is 9.53 Å². The molecule has 3 nitrogen and oxygen atoms in total. The summed E-state index contributed by atoms with van der Waals surface area (Å²) in [6, 6.07) is 5.78. The molecule has 2 rings (SSSR count). The molecular weight excluding hydrogens is 202 g/mol. The molecule has 0 spiro atoms. The van der Waals surface area contributed by atoms with Crippen LogP contribution in [0.3, 0.4) is 0 Å². The summed E-state index contributed by atoms with van der Waals surface area (Å²) in [4.78, 5) is 15.6. The molecule has 1 aromatic heterocycles. The fraction of sp³-hybridized carbons (Fsp3) is 0.538. The number of nitrogens with zero attached hydrogens (tertiary/aromatic N) is 1. The van der Waals surface area contributed by atoms with Gasteiger partial charge in [-0.25, -0.2) is 0 Å². The van der Waals surface area contributed by atoms with Crippen LogP contribution in [0.25, 0.3) is 0 Å². The Kier molecular flexibility index (Phi) is 3.22. The molecule has 1 aromatic rings. The lowest BCUT2D eigenvalue weighted by Crippen LogP contribution is -2.34. The van der Waals surface area contributed by atoms with E-state index in [1.807, 2.05) is 18.2 Å². The molecule has 0 bridgehead atoms. The molecule has 0 N–H and O–H groups in total. The van der Waals surface area contributed by atoms with E-state index in [1.165, 1.54) is 13.3 Å². The fourth-order valence-electron chi connectivity index (χ4n) is 2.44. The zero-order valence-corrected chi connectivity index (χ0v) is 9.61. The van der Waals surface area contributed by atoms with E-state index in [4.69, 9.17) is 4.74 Å². The summed E-state index contributed by atoms with van der Waals surface area (Å²) < 4.78 is 5.56. The highest BCUT2D eigenvalue weighted by Crippen LogP contribution is 2.39. The number of ether oxygens (including phenoxy) is 1. The third-order valence-electron chi connectivity index (χ3n) is 3.13. The van der Waals surface area contributed by atoms with E-state index in [0.29, 0.717) is 0 Å². The minimum atomic E-state index is -0.467. The van der Waals surface area contributed by atoms with E-state index in [1.54, 1.807) is 6.20 Å². The summed E-state index contributed by atoms with van der Waals surface area (Å²) in [5, 5.41) is 0. The number of carbonyl (C=O) groups excluding carboxylic acids is 1. The molecular formula is C13H17NO2. The van der Waals surface area contributed by atoms with E-state index in [2.05, 4.69) is 4.98 Å². The van der Waals surface area contributed by atoms with Crippen LogP contribution in [0, 0.1) is 0 Å². The van der Waals surface area contributed by atoms with Crippen molar-refractivity contribution in [2.75, 3.05) is 0 Å². The lowest BCUT2D eigenvalue weighted by Gasteiger charge is -2.35. The number of rotatable bonds is 2. The molecule has 3 heteroatoms. The third-order valence-corrected chi connectivity index (χ3v) is 3.13. The van der Waals surface area contributed by atoms with E-state index in [9.17, 15) is 4.79 Å². The molecule has 1 aliphatic carbocycles. The Balaban J connectivity index is 2.29. The second kappa shape index (κ2) is 4.64. The maximum Gasteiger partial charge on any atom is 0.303 e. The minimum Gasteiger partial charge on any atom is -0.453 e. The van der Waals surface area contributed by atoms with E-state index in [-0.39, 0.29) is 5.97 Å². The van der Waals surface area contributed by atoms with Crippen molar-refractivity contribution >= 4 is 5.97 Å². The maximum atomic E-state index is 11.2. The van der Waals surface area contributed by atoms with Gasteiger partial charge in [0.25, 0.3) is 0 Å². The van der Waals surface area contributed by atoms with Crippen molar-refractivity contribution in [2.45, 2.75) is 44.6 Å². The van der Waals surface area contributed by atoms with Crippen molar-refractivity contribution in [3.05, 3.63) is 30.1 Å². The molecule has 1 saturated carbocycles. The number of aromatic nitrogens is 1. The average molecular weight is 219 g/mol. The number of hydrogen-bond acceptors (Lipinski definition) is 3. The van der Waals surface area contributed by atoms with Crippen LogP contribution < -0.4 is 0 Å². The van der Waals surface area contributed by atoms with Crippen molar-refractivity contribution in [1.82, 2.24) is 4.98 Å². The molecule has 0 aliphatic heterocycles. The standard InChI is InChI=1S/C13H17NO2/c1-11(15)16-13(8-4-2-5-9-13)12-7-3-6-10-14-12/h3,6-7,10H,2,4-5,8-9H2,1H3. The quantitative estimate of drug-likeness (QED) is 0.718. The van der Waals surface area contributed by atoms with Crippen molar-refractivity contribution in [1.29, 1.82) is 0 Å². The summed E-state index contributed by atoms with van der Waals surface area (Å²) >= 11 is 0. The second-order valence-electron chi connectivity index (χ2n) is 4.36. The summed E-state index contributed by atoms with van der Waals surface area (Å²) in [6.45, 7) is 1.47. The maximum absolute atomic E-state index is 11.2. The van der Waals surface area contributed by atoms with Gasteiger partial charge < -0.3 is 4.74 Å². The number of esters is 1. The molecule has 0 aromatic carbocycles. The number of hydrogen-bond donors (Lipinski definition) is 0. The largest absolute Gasteiger partial charge is 0.453 e. The Bertz CT molecular complexity index is 355. The van der Waals surface area contributed by atoms with Crippen molar-refractivity contribution in [2.24, 2.45) is 0 Å². The Labute approximate surface area is 95.8 Å². The molecule has 0 amide bonds. The van der Waals surface area contributed by atoms with Gasteiger partial charge >= 0.3 is 5.97 Å². The molecule has 0 unspecified atom stereocenters. The van der Waals surface area contributed by atoms with E-state index in [0.717, 1.165) is 31.4 Å². The molecule has 0 atom stereocenters. The first-order chi connectivity index (χ1) is 7.73. The van der Waals surface area contributed by atoms with Crippen LogP contribution in [-0.2, 0) is 15.1 Å². The van der Waals surface area contributed by atoms with Crippen LogP contribution in [-0.4, -0.2) is 11.0 Å². The Morgan fingerprint density at radius 2 is 2.06 bits per heavy atom. The van der Waals surface area contributed by atoms with Crippen LogP contribution >= 0.6 is 0 Å². The summed E-state index contributed by atoms with van der Waals surface area (Å²) in [5.41, 5.74) is 0.427. The molecule has 1 aliphatic rings. The summed E-state index contributed by atoms with van der Waals surface area (Å²) in [7, 11) is 0. The predicted octanol–water partition coefficient (Wildman–Crippen LogP) is 2.80. The topological polar surface area (TPSA) is 39.2 Å². The third kappa shape index (κ3) is 2.23. The Morgan fingerprint density at radius 3 is 2.62 bits per heavy atom. The molecule has 1 heterocycles. The monoisotopic (exact) mass is 219 g/mol. The van der Waals surface area contributed by atoms with Crippen LogP contribution in [0.5, 0.6) is 0 Å². The van der Waals surface area contributed by atoms with Gasteiger partial charge in [-0.15, -0.1) is 0 Å². The highest BCUT2D eigenvalue weighted by molar-refractivity contribution is 5.66. The van der Waals surface area contributed by atoms with E-state index < -0.39 is 5.60 Å². The first-order valence-corrected chi connectivity index (χ1v) is 5.84. The zero-order chi connectivity index (χ0) is 11.4. The lowest BCUT2D eigenvalue weighted by molar-refractivity contribution is -0.162. The highest BCUT2D eigenvalue weighted by Gasteiger charge is 2.38. The normalized spacial score (nSPS) is 19.1. The lowest BCUT2D eigenvalue weighted by atomic mass is 9.82. The minimum absolute atomic E-state index is 0.215. The van der Waals surface area contributed by atoms with Gasteiger partial charge in [-0.2, -0.15) is 0 Å². The van der Waals surface area contributed by atoms with Gasteiger partial charge in [0.2, 0.25) is 0 Å². The van der Waals surface area contributed by atoms with Gasteiger partial charge in [-0.05, 0) is 37.8 Å². The van der Waals surface area contributed by atoms with Crippen LogP contribution in [0.15, 0.2) is 24.4 Å². The average Bonchev–Trinajstić information content (AvgIpc) is 2.30. The van der Waals surface area contributed by atoms with Crippen LogP contribution in [0.4, 0.5) is 0 Å². The first-order valence-electron chi connectivity index (χ1n) is 5.84. The molecule has 0 radical (unpaired) electrons. The van der Waals surface area contributed by atoms with Crippen molar-refractivity contribution in [3.63, 3.8) is 0 Å². The Morgan fingerprint density at radius 1 is 1.31 bits per heavy atom. The fourth-order valence-corrected chi connectivity index (χ4v) is 2.44. The molecule has 86 valence electrons. The smallest absolute Gasteiger partial charge is 0.303 e.